The average molecular weight is 270 g/mol. The molecular formula is C11H14N2O6. The van der Waals surface area contributed by atoms with Crippen molar-refractivity contribution in [2.75, 3.05) is 11.9 Å². The smallest absolute Gasteiger partial charge is 0.271 e. The number of ether oxygens (including phenoxy) is 1. The summed E-state index contributed by atoms with van der Waals surface area (Å²) < 4.78 is 5.21. The van der Waals surface area contributed by atoms with Crippen LogP contribution in [0.25, 0.3) is 0 Å². The van der Waals surface area contributed by atoms with Crippen LogP contribution in [0.4, 0.5) is 11.4 Å². The van der Waals surface area contributed by atoms with Gasteiger partial charge < -0.3 is 25.4 Å². The van der Waals surface area contributed by atoms with Gasteiger partial charge >= 0.3 is 0 Å². The van der Waals surface area contributed by atoms with Gasteiger partial charge in [0.1, 0.15) is 18.3 Å². The Morgan fingerprint density at radius 1 is 1.37 bits per heavy atom. The molecule has 1 aliphatic heterocycles. The number of nitro groups is 1. The maximum Gasteiger partial charge on any atom is 0.271 e. The van der Waals surface area contributed by atoms with Crippen molar-refractivity contribution in [3.63, 3.8) is 0 Å². The highest BCUT2D eigenvalue weighted by Crippen LogP contribution is 2.24. The highest BCUT2D eigenvalue weighted by molar-refractivity contribution is 5.51. The summed E-state index contributed by atoms with van der Waals surface area (Å²) >= 11 is 0. The van der Waals surface area contributed by atoms with E-state index < -0.39 is 36.1 Å². The van der Waals surface area contributed by atoms with Gasteiger partial charge in [-0.3, -0.25) is 10.1 Å². The molecule has 8 nitrogen and oxygen atoms in total. The van der Waals surface area contributed by atoms with E-state index in [0.29, 0.717) is 5.69 Å². The van der Waals surface area contributed by atoms with Crippen LogP contribution in [0.3, 0.4) is 0 Å². The number of anilines is 1. The first-order valence-corrected chi connectivity index (χ1v) is 5.66. The number of nitrogens with zero attached hydrogens (tertiary/aromatic N) is 1. The van der Waals surface area contributed by atoms with E-state index in [4.69, 9.17) is 9.84 Å². The first-order valence-electron chi connectivity index (χ1n) is 5.66. The molecule has 4 atom stereocenters. The molecular weight excluding hydrogens is 256 g/mol. The summed E-state index contributed by atoms with van der Waals surface area (Å²) in [6.07, 6.45) is -4.25. The van der Waals surface area contributed by atoms with E-state index in [1.807, 2.05) is 0 Å². The van der Waals surface area contributed by atoms with E-state index in [2.05, 4.69) is 5.32 Å². The third-order valence-electron chi connectivity index (χ3n) is 2.91. The van der Waals surface area contributed by atoms with Gasteiger partial charge in [0.25, 0.3) is 5.69 Å². The number of non-ortho nitro benzene ring substituents is 1. The van der Waals surface area contributed by atoms with Gasteiger partial charge in [-0.15, -0.1) is 0 Å². The zero-order valence-corrected chi connectivity index (χ0v) is 9.84. The predicted molar refractivity (Wildman–Crippen MR) is 64.5 cm³/mol. The molecule has 0 unspecified atom stereocenters. The molecule has 0 amide bonds. The van der Waals surface area contributed by atoms with Crippen LogP contribution in [-0.2, 0) is 4.74 Å². The number of nitro benzene ring substituents is 1. The highest BCUT2D eigenvalue weighted by Gasteiger charge is 2.42. The zero-order valence-electron chi connectivity index (χ0n) is 9.84. The fourth-order valence-corrected chi connectivity index (χ4v) is 1.89. The molecule has 2 rings (SSSR count). The molecule has 104 valence electrons. The zero-order chi connectivity index (χ0) is 14.0. The fourth-order valence-electron chi connectivity index (χ4n) is 1.89. The Morgan fingerprint density at radius 3 is 2.68 bits per heavy atom. The van der Waals surface area contributed by atoms with E-state index in [0.717, 1.165) is 0 Å². The van der Waals surface area contributed by atoms with Gasteiger partial charge in [-0.05, 0) is 6.07 Å². The van der Waals surface area contributed by atoms with Crippen LogP contribution in [0.2, 0.25) is 0 Å². The SMILES string of the molecule is O=[N+]([O-])c1cccc(N[C@H]2O[C@@H](CO)[C@@H](O)[C@@H]2O)c1. The van der Waals surface area contributed by atoms with Crippen molar-refractivity contribution >= 4 is 11.4 Å². The molecule has 8 heteroatoms. The average Bonchev–Trinajstić information content (AvgIpc) is 2.67. The second kappa shape index (κ2) is 5.49. The Balaban J connectivity index is 2.09. The fraction of sp³-hybridized carbons (Fsp3) is 0.455. The molecule has 0 saturated carbocycles. The Bertz CT molecular complexity index is 468. The predicted octanol–water partition coefficient (Wildman–Crippen LogP) is -0.554. The molecule has 1 fully saturated rings. The van der Waals surface area contributed by atoms with E-state index >= 15 is 0 Å². The van der Waals surface area contributed by atoms with Crippen molar-refractivity contribution in [1.29, 1.82) is 0 Å². The summed E-state index contributed by atoms with van der Waals surface area (Å²) in [6, 6.07) is 5.68. The molecule has 1 heterocycles. The van der Waals surface area contributed by atoms with Crippen molar-refractivity contribution in [3.8, 4) is 0 Å². The number of nitrogens with one attached hydrogen (secondary N) is 1. The lowest BCUT2D eigenvalue weighted by Gasteiger charge is -2.17. The highest BCUT2D eigenvalue weighted by atomic mass is 16.6. The Morgan fingerprint density at radius 2 is 2.11 bits per heavy atom. The molecule has 1 aliphatic rings. The Hall–Kier alpha value is -1.74. The minimum Gasteiger partial charge on any atom is -0.394 e. The van der Waals surface area contributed by atoms with Crippen LogP contribution in [-0.4, -0.2) is 51.4 Å². The minimum absolute atomic E-state index is 0.100. The quantitative estimate of drug-likeness (QED) is 0.427. The maximum atomic E-state index is 10.6. The lowest BCUT2D eigenvalue weighted by molar-refractivity contribution is -0.384. The monoisotopic (exact) mass is 270 g/mol. The summed E-state index contributed by atoms with van der Waals surface area (Å²) in [7, 11) is 0. The molecule has 1 aromatic carbocycles. The van der Waals surface area contributed by atoms with Gasteiger partial charge in [0, 0.05) is 17.8 Å². The van der Waals surface area contributed by atoms with Gasteiger partial charge in [-0.1, -0.05) is 6.07 Å². The van der Waals surface area contributed by atoms with Gasteiger partial charge in [0.2, 0.25) is 0 Å². The molecule has 1 saturated heterocycles. The molecule has 1 aromatic rings. The lowest BCUT2D eigenvalue weighted by atomic mass is 10.1. The van der Waals surface area contributed by atoms with Crippen LogP contribution in [0.1, 0.15) is 0 Å². The van der Waals surface area contributed by atoms with Crippen molar-refractivity contribution in [2.24, 2.45) is 0 Å². The standard InChI is InChI=1S/C11H14N2O6/c14-5-8-9(15)10(16)11(19-8)12-6-2-1-3-7(4-6)13(17)18/h1-4,8-12,14-16H,5H2/t8-,9+,10-,11-/m0/s1. The second-order valence-electron chi connectivity index (χ2n) is 4.21. The number of aliphatic hydroxyl groups is 3. The number of hydrogen-bond donors (Lipinski definition) is 4. The van der Waals surface area contributed by atoms with Gasteiger partial charge in [0.15, 0.2) is 6.23 Å². The Labute approximate surface area is 108 Å². The second-order valence-corrected chi connectivity index (χ2v) is 4.21. The lowest BCUT2D eigenvalue weighted by Crippen LogP contribution is -2.36. The van der Waals surface area contributed by atoms with E-state index in [1.165, 1.54) is 18.2 Å². The first-order chi connectivity index (χ1) is 9.02. The summed E-state index contributed by atoms with van der Waals surface area (Å²) in [5, 5.41) is 41.6. The third kappa shape index (κ3) is 2.82. The van der Waals surface area contributed by atoms with Crippen LogP contribution in [0.15, 0.2) is 24.3 Å². The molecule has 19 heavy (non-hydrogen) atoms. The van der Waals surface area contributed by atoms with Gasteiger partial charge in [-0.2, -0.15) is 0 Å². The summed E-state index contributed by atoms with van der Waals surface area (Å²) in [5.74, 6) is 0. The molecule has 0 bridgehead atoms. The van der Waals surface area contributed by atoms with Crippen molar-refractivity contribution in [2.45, 2.75) is 24.5 Å². The third-order valence-corrected chi connectivity index (χ3v) is 2.91. The molecule has 0 aromatic heterocycles. The van der Waals surface area contributed by atoms with Crippen molar-refractivity contribution in [3.05, 3.63) is 34.4 Å². The van der Waals surface area contributed by atoms with Crippen molar-refractivity contribution < 1.29 is 25.0 Å². The maximum absolute atomic E-state index is 10.6. The van der Waals surface area contributed by atoms with Gasteiger partial charge in [-0.25, -0.2) is 0 Å². The molecule has 0 aliphatic carbocycles. The summed E-state index contributed by atoms with van der Waals surface area (Å²) in [5.41, 5.74) is 0.279. The van der Waals surface area contributed by atoms with Crippen LogP contribution < -0.4 is 5.32 Å². The molecule has 0 spiro atoms. The van der Waals surface area contributed by atoms with Gasteiger partial charge in [0.05, 0.1) is 11.5 Å². The topological polar surface area (TPSA) is 125 Å². The summed E-state index contributed by atoms with van der Waals surface area (Å²) in [4.78, 5) is 10.1. The minimum atomic E-state index is -1.23. The van der Waals surface area contributed by atoms with Crippen LogP contribution >= 0.6 is 0 Å². The number of rotatable bonds is 4. The molecule has 0 radical (unpaired) electrons. The van der Waals surface area contributed by atoms with Crippen LogP contribution in [0.5, 0.6) is 0 Å². The van der Waals surface area contributed by atoms with Crippen LogP contribution in [0, 0.1) is 10.1 Å². The largest absolute Gasteiger partial charge is 0.394 e. The van der Waals surface area contributed by atoms with E-state index in [-0.39, 0.29) is 5.69 Å². The number of hydrogen-bond acceptors (Lipinski definition) is 7. The van der Waals surface area contributed by atoms with Crippen molar-refractivity contribution in [1.82, 2.24) is 0 Å². The first kappa shape index (κ1) is 13.7. The molecule has 4 N–H and O–H groups in total. The van der Waals surface area contributed by atoms with E-state index in [1.54, 1.807) is 6.07 Å². The number of benzene rings is 1. The normalized spacial score (nSPS) is 30.3. The Kier molecular flexibility index (Phi) is 3.96. The summed E-state index contributed by atoms with van der Waals surface area (Å²) in [6.45, 7) is -0.425. The number of aliphatic hydroxyl groups excluding tert-OH is 3. The van der Waals surface area contributed by atoms with E-state index in [9.17, 15) is 20.3 Å².